The predicted octanol–water partition coefficient (Wildman–Crippen LogP) is 8.18. The number of thiophene rings is 1. The molecule has 0 fully saturated rings. The molecule has 1 aromatic heterocycles. The van der Waals surface area contributed by atoms with Crippen molar-refractivity contribution in [1.82, 2.24) is 5.32 Å². The first-order valence-electron chi connectivity index (χ1n) is 13.0. The largest absolute Gasteiger partial charge is 0.481 e. The second-order valence-electron chi connectivity index (χ2n) is 10.2. The van der Waals surface area contributed by atoms with Gasteiger partial charge in [0.25, 0.3) is 5.91 Å². The third-order valence-corrected chi connectivity index (χ3v) is 10.3. The maximum Gasteiger partial charge on any atom is 0.394 e. The molecule has 1 heterocycles. The molecule has 5 nitrogen and oxygen atoms in total. The van der Waals surface area contributed by atoms with E-state index in [9.17, 15) is 22.8 Å². The van der Waals surface area contributed by atoms with Crippen molar-refractivity contribution in [2.45, 2.75) is 77.1 Å². The molecule has 0 saturated heterocycles. The van der Waals surface area contributed by atoms with Gasteiger partial charge < -0.3 is 14.6 Å². The van der Waals surface area contributed by atoms with E-state index in [4.69, 9.17) is 9.29 Å². The van der Waals surface area contributed by atoms with Crippen molar-refractivity contribution in [3.63, 3.8) is 0 Å². The molecule has 3 unspecified atom stereocenters. The molecule has 39 heavy (non-hydrogen) atoms. The summed E-state index contributed by atoms with van der Waals surface area (Å²) in [5.41, 5.74) is 2.09. The third kappa shape index (κ3) is 7.33. The van der Waals surface area contributed by atoms with E-state index < -0.39 is 34.2 Å². The number of aliphatic carboxylic acids is 1. The fourth-order valence-electron chi connectivity index (χ4n) is 4.66. The Bertz CT molecular complexity index is 1260. The predicted molar refractivity (Wildman–Crippen MR) is 153 cm³/mol. The van der Waals surface area contributed by atoms with Crippen LogP contribution >= 0.6 is 22.1 Å². The summed E-state index contributed by atoms with van der Waals surface area (Å²) in [5, 5.41) is 13.5. The van der Waals surface area contributed by atoms with Crippen LogP contribution in [0.25, 0.3) is 5.57 Å². The lowest BCUT2D eigenvalue weighted by Crippen LogP contribution is -2.42. The van der Waals surface area contributed by atoms with Gasteiger partial charge in [-0.25, -0.2) is 0 Å². The monoisotopic (exact) mass is 583 g/mol. The first-order valence-corrected chi connectivity index (χ1v) is 15.0. The molecule has 10 heteroatoms. The van der Waals surface area contributed by atoms with E-state index in [1.807, 2.05) is 32.0 Å². The molecule has 0 radical (unpaired) electrons. The van der Waals surface area contributed by atoms with Gasteiger partial charge in [0.1, 0.15) is 5.75 Å². The van der Waals surface area contributed by atoms with Gasteiger partial charge in [0.2, 0.25) is 0 Å². The van der Waals surface area contributed by atoms with Crippen LogP contribution in [0.3, 0.4) is 0 Å². The second-order valence-corrected chi connectivity index (χ2v) is 13.1. The van der Waals surface area contributed by atoms with Gasteiger partial charge in [0, 0.05) is 17.3 Å². The van der Waals surface area contributed by atoms with Crippen LogP contribution in [0.1, 0.15) is 79.2 Å². The highest BCUT2D eigenvalue weighted by Crippen LogP contribution is 2.53. The number of unbranched alkanes of at least 4 members (excludes halogenated alkanes) is 1. The Labute approximate surface area is 234 Å². The van der Waals surface area contributed by atoms with Crippen LogP contribution in [0.2, 0.25) is 0 Å². The quantitative estimate of drug-likeness (QED) is 0.277. The van der Waals surface area contributed by atoms with E-state index in [1.54, 1.807) is 19.1 Å². The van der Waals surface area contributed by atoms with Crippen molar-refractivity contribution in [2.75, 3.05) is 6.54 Å². The summed E-state index contributed by atoms with van der Waals surface area (Å²) < 4.78 is 48.4. The molecular formula is C29H36F3NO4S2. The van der Waals surface area contributed by atoms with E-state index in [2.05, 4.69) is 17.6 Å². The summed E-state index contributed by atoms with van der Waals surface area (Å²) in [6.45, 7) is 9.03. The van der Waals surface area contributed by atoms with Crippen LogP contribution in [-0.2, 0) is 4.79 Å². The Morgan fingerprint density at radius 1 is 1.26 bits per heavy atom. The summed E-state index contributed by atoms with van der Waals surface area (Å²) in [7, 11) is -0.722. The number of rotatable bonds is 10. The van der Waals surface area contributed by atoms with Gasteiger partial charge in [-0.1, -0.05) is 33.3 Å². The van der Waals surface area contributed by atoms with E-state index >= 15 is 0 Å². The van der Waals surface area contributed by atoms with Crippen LogP contribution < -0.4 is 9.50 Å². The molecule has 1 aliphatic rings. The van der Waals surface area contributed by atoms with Crippen molar-refractivity contribution < 1.29 is 32.0 Å². The fraction of sp³-hybridized carbons (Fsp3) is 0.483. The van der Waals surface area contributed by atoms with Crippen molar-refractivity contribution in [3.05, 3.63) is 51.9 Å². The van der Waals surface area contributed by atoms with Crippen LogP contribution in [-0.4, -0.2) is 35.1 Å². The van der Waals surface area contributed by atoms with Gasteiger partial charge in [0.15, 0.2) is 0 Å². The number of benzene rings is 1. The van der Waals surface area contributed by atoms with Crippen LogP contribution in [0.4, 0.5) is 13.2 Å². The van der Waals surface area contributed by atoms with Crippen LogP contribution in [0, 0.1) is 25.2 Å². The molecule has 0 saturated carbocycles. The third-order valence-electron chi connectivity index (χ3n) is 7.23. The highest BCUT2D eigenvalue weighted by atomic mass is 32.2. The van der Waals surface area contributed by atoms with E-state index in [0.717, 1.165) is 39.3 Å². The minimum Gasteiger partial charge on any atom is -0.481 e. The van der Waals surface area contributed by atoms with Gasteiger partial charge in [-0.05, 0) is 90.9 Å². The van der Waals surface area contributed by atoms with E-state index in [1.165, 1.54) is 18.3 Å². The number of carbonyl (C=O) groups is 2. The lowest BCUT2D eigenvalue weighted by molar-refractivity contribution is -0.234. The number of amides is 1. The minimum absolute atomic E-state index is 0.0375. The van der Waals surface area contributed by atoms with Crippen molar-refractivity contribution in [3.8, 4) is 5.75 Å². The van der Waals surface area contributed by atoms with Gasteiger partial charge in [-0.2, -0.15) is 13.2 Å². The normalized spacial score (nSPS) is 20.4. The SMILES string of the molecule is CCC/C=S(/Oc1cc(C)c(C2=CCC(C)(C(F)(F)F)C(C)C2)c(C)c1)c1ccc(C(=O)NCCC(=O)O)s1. The summed E-state index contributed by atoms with van der Waals surface area (Å²) in [6, 6.07) is 7.42. The van der Waals surface area contributed by atoms with Crippen molar-refractivity contribution in [2.24, 2.45) is 11.3 Å². The minimum atomic E-state index is -4.25. The summed E-state index contributed by atoms with van der Waals surface area (Å²) >= 11 is 1.31. The topological polar surface area (TPSA) is 75.6 Å². The number of hydrogen-bond donors (Lipinski definition) is 2. The highest BCUT2D eigenvalue weighted by Gasteiger charge is 2.54. The van der Waals surface area contributed by atoms with Gasteiger partial charge in [-0.3, -0.25) is 9.59 Å². The van der Waals surface area contributed by atoms with E-state index in [-0.39, 0.29) is 25.3 Å². The molecule has 1 amide bonds. The second kappa shape index (κ2) is 12.7. The molecule has 1 aromatic carbocycles. The molecule has 3 atom stereocenters. The summed E-state index contributed by atoms with van der Waals surface area (Å²) in [5.74, 6) is -1.16. The van der Waals surface area contributed by atoms with Gasteiger partial charge in [-0.15, -0.1) is 11.3 Å². The average Bonchev–Trinajstić information content (AvgIpc) is 3.33. The highest BCUT2D eigenvalue weighted by molar-refractivity contribution is 8.12. The maximum atomic E-state index is 13.7. The summed E-state index contributed by atoms with van der Waals surface area (Å²) in [6.07, 6.45) is -0.572. The Kier molecular flexibility index (Phi) is 10.1. The smallest absolute Gasteiger partial charge is 0.394 e. The maximum absolute atomic E-state index is 13.7. The Balaban J connectivity index is 1.83. The zero-order valence-electron chi connectivity index (χ0n) is 22.9. The van der Waals surface area contributed by atoms with E-state index in [0.29, 0.717) is 17.0 Å². The molecule has 2 N–H and O–H groups in total. The number of aryl methyl sites for hydroxylation is 2. The van der Waals surface area contributed by atoms with Crippen LogP contribution in [0.5, 0.6) is 5.75 Å². The van der Waals surface area contributed by atoms with Gasteiger partial charge >= 0.3 is 12.1 Å². The number of alkyl halides is 3. The van der Waals surface area contributed by atoms with Crippen molar-refractivity contribution >= 4 is 44.9 Å². The Morgan fingerprint density at radius 2 is 1.92 bits per heavy atom. The number of allylic oxidation sites excluding steroid dienone is 2. The number of nitrogens with one attached hydrogen (secondary N) is 1. The molecule has 0 bridgehead atoms. The molecule has 0 aliphatic heterocycles. The lowest BCUT2D eigenvalue weighted by atomic mass is 9.67. The number of carboxylic acids is 1. The van der Waals surface area contributed by atoms with Crippen molar-refractivity contribution in [1.29, 1.82) is 0 Å². The average molecular weight is 584 g/mol. The Hall–Kier alpha value is -2.59. The van der Waals surface area contributed by atoms with Gasteiger partial charge in [0.05, 0.1) is 20.9 Å². The number of carboxylic acid groups (broad SMARTS) is 1. The zero-order valence-corrected chi connectivity index (χ0v) is 24.5. The number of hydrogen-bond acceptors (Lipinski definition) is 4. The first kappa shape index (κ1) is 30.9. The number of carbonyl (C=O) groups excluding carboxylic acids is 1. The first-order chi connectivity index (χ1) is 18.3. The molecule has 1 aliphatic carbocycles. The molecule has 214 valence electrons. The molecular weight excluding hydrogens is 547 g/mol. The standard InChI is InChI=1S/C29H36F3NO4S2/c1-6-7-14-39(25-9-8-23(38-25)27(36)33-13-11-24(34)35)37-22-15-18(2)26(19(3)16-22)21-10-12-28(5,20(4)17-21)29(30,31)32/h8-10,14-16,20H,6-7,11-13,17H2,1-5H3,(H,33,36)(H,34,35). The molecule has 0 spiro atoms. The number of halogens is 3. The fourth-order valence-corrected chi connectivity index (χ4v) is 7.49. The summed E-state index contributed by atoms with van der Waals surface area (Å²) in [4.78, 5) is 23.6. The Morgan fingerprint density at radius 3 is 2.49 bits per heavy atom. The lowest BCUT2D eigenvalue weighted by Gasteiger charge is -2.40. The van der Waals surface area contributed by atoms with Crippen LogP contribution in [0.15, 0.2) is 34.6 Å². The molecule has 2 aromatic rings. The molecule has 3 rings (SSSR count). The zero-order chi connectivity index (χ0) is 29.0.